The Labute approximate surface area is 135 Å². The Morgan fingerprint density at radius 3 is 2.04 bits per heavy atom. The van der Waals surface area contributed by atoms with E-state index in [1.54, 1.807) is 0 Å². The average molecular weight is 306 g/mol. The van der Waals surface area contributed by atoms with Gasteiger partial charge in [0.1, 0.15) is 11.2 Å². The third-order valence-electron chi connectivity index (χ3n) is 5.76. The Hall–Kier alpha value is -2.13. The molecule has 1 aliphatic carbocycles. The second kappa shape index (κ2) is 4.45. The first-order valence-electron chi connectivity index (χ1n) is 8.23. The normalized spacial score (nSPS) is 33.5. The number of ether oxygens (including phenoxy) is 2. The number of esters is 1. The highest BCUT2D eigenvalue weighted by molar-refractivity contribution is 5.76. The lowest BCUT2D eigenvalue weighted by Crippen LogP contribution is -2.25. The van der Waals surface area contributed by atoms with Crippen molar-refractivity contribution in [2.45, 2.75) is 24.0 Å². The molecule has 3 unspecified atom stereocenters. The van der Waals surface area contributed by atoms with Crippen molar-refractivity contribution in [1.82, 2.24) is 0 Å². The van der Waals surface area contributed by atoms with Crippen LogP contribution >= 0.6 is 0 Å². The first-order chi connectivity index (χ1) is 11.3. The van der Waals surface area contributed by atoms with Crippen LogP contribution in [0.25, 0.3) is 0 Å². The number of benzene rings is 2. The summed E-state index contributed by atoms with van der Waals surface area (Å²) >= 11 is 0. The quantitative estimate of drug-likeness (QED) is 0.631. The van der Waals surface area contributed by atoms with Crippen LogP contribution in [0.15, 0.2) is 60.7 Å². The highest BCUT2D eigenvalue weighted by atomic mass is 16.6. The third-order valence-corrected chi connectivity index (χ3v) is 5.76. The Morgan fingerprint density at radius 2 is 1.48 bits per heavy atom. The molecule has 1 spiro atoms. The number of fused-ring (bicyclic) bond motifs is 1. The summed E-state index contributed by atoms with van der Waals surface area (Å²) in [7, 11) is 0. The summed E-state index contributed by atoms with van der Waals surface area (Å²) in [5, 5.41) is 0. The molecule has 0 N–H and O–H groups in total. The van der Waals surface area contributed by atoms with E-state index >= 15 is 0 Å². The molecule has 2 aromatic rings. The van der Waals surface area contributed by atoms with E-state index in [-0.39, 0.29) is 17.5 Å². The molecule has 3 aliphatic rings. The van der Waals surface area contributed by atoms with Crippen LogP contribution in [0.5, 0.6) is 0 Å². The van der Waals surface area contributed by atoms with Gasteiger partial charge in [0.25, 0.3) is 0 Å². The fourth-order valence-electron chi connectivity index (χ4n) is 4.71. The van der Waals surface area contributed by atoms with Gasteiger partial charge in [-0.1, -0.05) is 60.7 Å². The summed E-state index contributed by atoms with van der Waals surface area (Å²) in [6, 6.07) is 20.8. The molecule has 2 aromatic carbocycles. The van der Waals surface area contributed by atoms with Gasteiger partial charge < -0.3 is 9.47 Å². The maximum absolute atomic E-state index is 12.0. The zero-order valence-corrected chi connectivity index (χ0v) is 12.8. The van der Waals surface area contributed by atoms with Crippen molar-refractivity contribution in [3.63, 3.8) is 0 Å². The summed E-state index contributed by atoms with van der Waals surface area (Å²) in [6.45, 7) is 0.550. The fourth-order valence-corrected chi connectivity index (χ4v) is 4.71. The zero-order chi connectivity index (χ0) is 15.5. The molecule has 0 aromatic heterocycles. The van der Waals surface area contributed by atoms with Gasteiger partial charge in [0.05, 0.1) is 12.5 Å². The summed E-state index contributed by atoms with van der Waals surface area (Å²) in [4.78, 5) is 12.0. The van der Waals surface area contributed by atoms with E-state index in [1.807, 2.05) is 12.1 Å². The topological polar surface area (TPSA) is 38.8 Å². The van der Waals surface area contributed by atoms with Crippen molar-refractivity contribution in [3.8, 4) is 0 Å². The smallest absolute Gasteiger partial charge is 0.309 e. The first kappa shape index (κ1) is 13.3. The maximum atomic E-state index is 12.0. The van der Waals surface area contributed by atoms with Crippen molar-refractivity contribution in [2.24, 2.45) is 11.8 Å². The van der Waals surface area contributed by atoms with Crippen LogP contribution in [0.3, 0.4) is 0 Å². The Morgan fingerprint density at radius 1 is 0.870 bits per heavy atom. The van der Waals surface area contributed by atoms with Crippen LogP contribution in [-0.4, -0.2) is 18.2 Å². The second-order valence-electron chi connectivity index (χ2n) is 6.91. The Bertz CT molecular complexity index is 715. The lowest BCUT2D eigenvalue weighted by molar-refractivity contribution is -0.141. The predicted molar refractivity (Wildman–Crippen MR) is 84.7 cm³/mol. The van der Waals surface area contributed by atoms with Gasteiger partial charge in [-0.15, -0.1) is 0 Å². The zero-order valence-electron chi connectivity index (χ0n) is 12.8. The van der Waals surface area contributed by atoms with E-state index in [4.69, 9.17) is 9.47 Å². The van der Waals surface area contributed by atoms with Gasteiger partial charge in [-0.2, -0.15) is 0 Å². The van der Waals surface area contributed by atoms with Gasteiger partial charge in [0.15, 0.2) is 0 Å². The van der Waals surface area contributed by atoms with E-state index in [0.717, 1.165) is 12.8 Å². The van der Waals surface area contributed by atoms with E-state index < -0.39 is 5.60 Å². The molecule has 116 valence electrons. The van der Waals surface area contributed by atoms with Gasteiger partial charge >= 0.3 is 5.97 Å². The molecule has 2 saturated heterocycles. The van der Waals surface area contributed by atoms with Gasteiger partial charge in [-0.25, -0.2) is 0 Å². The fraction of sp³-hybridized carbons (Fsp3) is 0.350. The highest BCUT2D eigenvalue weighted by Gasteiger charge is 2.76. The standard InChI is InChI=1S/C20H18O3/c21-18-17-12-19(11-14(17)13-22-18)20(23-19,15-7-3-1-4-8-15)16-9-5-2-6-10-16/h1-10,14,17H,11-13H2. The Kier molecular flexibility index (Phi) is 2.58. The highest BCUT2D eigenvalue weighted by Crippen LogP contribution is 2.69. The molecular weight excluding hydrogens is 288 g/mol. The SMILES string of the molecule is O=C1OCC2CC3(CC12)OC3(c1ccccc1)c1ccccc1. The van der Waals surface area contributed by atoms with Crippen molar-refractivity contribution < 1.29 is 14.3 Å². The van der Waals surface area contributed by atoms with Gasteiger partial charge in [-0.05, 0) is 24.0 Å². The number of rotatable bonds is 2. The molecule has 3 atom stereocenters. The van der Waals surface area contributed by atoms with Crippen LogP contribution < -0.4 is 0 Å². The minimum absolute atomic E-state index is 0.00398. The van der Waals surface area contributed by atoms with Crippen LogP contribution in [0, 0.1) is 11.8 Å². The van der Waals surface area contributed by atoms with E-state index in [2.05, 4.69) is 48.5 Å². The Balaban J connectivity index is 1.61. The molecule has 3 nitrogen and oxygen atoms in total. The van der Waals surface area contributed by atoms with Gasteiger partial charge in [-0.3, -0.25) is 4.79 Å². The van der Waals surface area contributed by atoms with Crippen molar-refractivity contribution in [1.29, 1.82) is 0 Å². The van der Waals surface area contributed by atoms with Crippen LogP contribution in [0.1, 0.15) is 24.0 Å². The molecule has 23 heavy (non-hydrogen) atoms. The predicted octanol–water partition coefficient (Wildman–Crippen LogP) is 3.28. The van der Waals surface area contributed by atoms with Crippen molar-refractivity contribution >= 4 is 5.97 Å². The molecule has 3 fully saturated rings. The van der Waals surface area contributed by atoms with E-state index in [1.165, 1.54) is 11.1 Å². The molecule has 0 radical (unpaired) electrons. The molecule has 5 rings (SSSR count). The first-order valence-corrected chi connectivity index (χ1v) is 8.23. The number of hydrogen-bond acceptors (Lipinski definition) is 3. The van der Waals surface area contributed by atoms with Crippen LogP contribution in [0.2, 0.25) is 0 Å². The molecule has 0 amide bonds. The maximum Gasteiger partial charge on any atom is 0.309 e. The molecule has 0 bridgehead atoms. The molecule has 1 saturated carbocycles. The largest absolute Gasteiger partial charge is 0.465 e. The number of hydrogen-bond donors (Lipinski definition) is 0. The van der Waals surface area contributed by atoms with Crippen molar-refractivity contribution in [2.75, 3.05) is 6.61 Å². The summed E-state index contributed by atoms with van der Waals surface area (Å²) in [5.41, 5.74) is 1.68. The number of cyclic esters (lactones) is 1. The average Bonchev–Trinajstić information content (AvgIpc) is 2.91. The summed E-state index contributed by atoms with van der Waals surface area (Å²) < 4.78 is 11.7. The summed E-state index contributed by atoms with van der Waals surface area (Å²) in [5.74, 6) is 0.262. The number of carbonyl (C=O) groups excluding carboxylic acids is 1. The van der Waals surface area contributed by atoms with Crippen LogP contribution in [0.4, 0.5) is 0 Å². The van der Waals surface area contributed by atoms with E-state index in [0.29, 0.717) is 12.5 Å². The molecule has 2 aliphatic heterocycles. The third kappa shape index (κ3) is 1.66. The number of epoxide rings is 1. The lowest BCUT2D eigenvalue weighted by Gasteiger charge is -2.18. The van der Waals surface area contributed by atoms with Gasteiger partial charge in [0.2, 0.25) is 0 Å². The van der Waals surface area contributed by atoms with Crippen molar-refractivity contribution in [3.05, 3.63) is 71.8 Å². The lowest BCUT2D eigenvalue weighted by atomic mass is 9.79. The molecule has 2 heterocycles. The van der Waals surface area contributed by atoms with E-state index in [9.17, 15) is 4.79 Å². The minimum Gasteiger partial charge on any atom is -0.465 e. The van der Waals surface area contributed by atoms with Gasteiger partial charge in [0, 0.05) is 5.92 Å². The second-order valence-corrected chi connectivity index (χ2v) is 6.91. The molecule has 3 heteroatoms. The molecular formula is C20H18O3. The van der Waals surface area contributed by atoms with Crippen LogP contribution in [-0.2, 0) is 19.9 Å². The number of carbonyl (C=O) groups is 1. The minimum atomic E-state index is -0.417. The summed E-state index contributed by atoms with van der Waals surface area (Å²) in [6.07, 6.45) is 1.66. The monoisotopic (exact) mass is 306 g/mol.